The first-order chi connectivity index (χ1) is 5.36. The Balaban J connectivity index is 2.47. The van der Waals surface area contributed by atoms with Crippen molar-refractivity contribution in [1.82, 2.24) is 15.3 Å². The molecule has 4 nitrogen and oxygen atoms in total. The second-order valence-electron chi connectivity index (χ2n) is 2.31. The van der Waals surface area contributed by atoms with Gasteiger partial charge in [-0.1, -0.05) is 0 Å². The molecule has 0 fully saturated rings. The molecule has 60 valence electrons. The molecular weight excluding hydrogens is 142 g/mol. The second-order valence-corrected chi connectivity index (χ2v) is 2.31. The van der Waals surface area contributed by atoms with Crippen LogP contribution in [-0.4, -0.2) is 29.3 Å². The highest BCUT2D eigenvalue weighted by molar-refractivity contribution is 5.57. The van der Waals surface area contributed by atoms with E-state index in [1.165, 1.54) is 0 Å². The number of hydrogen-bond donors (Lipinski definition) is 2. The molecule has 1 aromatic heterocycles. The number of carbonyl (C=O) groups excluding carboxylic acids is 1. The third-order valence-corrected chi connectivity index (χ3v) is 1.53. The minimum atomic E-state index is -0.115. The van der Waals surface area contributed by atoms with Gasteiger partial charge in [0.2, 0.25) is 0 Å². The van der Waals surface area contributed by atoms with Crippen LogP contribution in [0.15, 0.2) is 12.5 Å². The summed E-state index contributed by atoms with van der Waals surface area (Å²) in [5.74, 6) is 0. The molecule has 0 radical (unpaired) electrons. The van der Waals surface area contributed by atoms with Crippen molar-refractivity contribution in [2.45, 2.75) is 12.5 Å². The first kappa shape index (κ1) is 7.94. The molecule has 11 heavy (non-hydrogen) atoms. The van der Waals surface area contributed by atoms with Gasteiger partial charge >= 0.3 is 0 Å². The maximum absolute atomic E-state index is 10.4. The zero-order valence-corrected chi connectivity index (χ0v) is 6.37. The first-order valence-corrected chi connectivity index (χ1v) is 3.46. The summed E-state index contributed by atoms with van der Waals surface area (Å²) in [6, 6.07) is -0.115. The molecular formula is C7H11N3O. The number of aromatic nitrogens is 2. The predicted octanol–water partition coefficient (Wildman–Crippen LogP) is -0.261. The van der Waals surface area contributed by atoms with Crippen LogP contribution in [0.5, 0.6) is 0 Å². The summed E-state index contributed by atoms with van der Waals surface area (Å²) in [5.41, 5.74) is 0.969. The van der Waals surface area contributed by atoms with Crippen LogP contribution in [0.3, 0.4) is 0 Å². The van der Waals surface area contributed by atoms with Crippen LogP contribution in [0, 0.1) is 0 Å². The summed E-state index contributed by atoms with van der Waals surface area (Å²) in [4.78, 5) is 17.1. The molecule has 1 atom stereocenters. The van der Waals surface area contributed by atoms with Crippen LogP contribution in [0.4, 0.5) is 0 Å². The van der Waals surface area contributed by atoms with Crippen LogP contribution in [0.1, 0.15) is 5.69 Å². The Hall–Kier alpha value is -1.16. The number of nitrogens with one attached hydrogen (secondary N) is 2. The minimum absolute atomic E-state index is 0.115. The van der Waals surface area contributed by atoms with E-state index in [9.17, 15) is 4.79 Å². The van der Waals surface area contributed by atoms with E-state index in [1.807, 2.05) is 0 Å². The van der Waals surface area contributed by atoms with Crippen molar-refractivity contribution >= 4 is 6.29 Å². The largest absolute Gasteiger partial charge is 0.348 e. The number of aromatic amines is 1. The monoisotopic (exact) mass is 153 g/mol. The summed E-state index contributed by atoms with van der Waals surface area (Å²) in [6.45, 7) is 0. The summed E-state index contributed by atoms with van der Waals surface area (Å²) in [5, 5.41) is 2.87. The molecule has 0 bridgehead atoms. The van der Waals surface area contributed by atoms with Crippen LogP contribution in [-0.2, 0) is 11.2 Å². The maximum atomic E-state index is 10.4. The fourth-order valence-electron chi connectivity index (χ4n) is 0.851. The Morgan fingerprint density at radius 3 is 3.18 bits per heavy atom. The molecule has 0 unspecified atom stereocenters. The topological polar surface area (TPSA) is 57.8 Å². The third-order valence-electron chi connectivity index (χ3n) is 1.53. The maximum Gasteiger partial charge on any atom is 0.137 e. The lowest BCUT2D eigenvalue weighted by Gasteiger charge is -2.05. The van der Waals surface area contributed by atoms with Gasteiger partial charge in [0.05, 0.1) is 12.4 Å². The van der Waals surface area contributed by atoms with Crippen LogP contribution >= 0.6 is 0 Å². The van der Waals surface area contributed by atoms with Gasteiger partial charge in [0.1, 0.15) is 6.29 Å². The van der Waals surface area contributed by atoms with Crippen molar-refractivity contribution < 1.29 is 4.79 Å². The highest BCUT2D eigenvalue weighted by atomic mass is 16.1. The fraction of sp³-hybridized carbons (Fsp3) is 0.429. The number of aldehydes is 1. The average Bonchev–Trinajstić information content (AvgIpc) is 2.52. The molecule has 0 aliphatic rings. The molecule has 0 aliphatic carbocycles. The van der Waals surface area contributed by atoms with Gasteiger partial charge in [-0.15, -0.1) is 0 Å². The van der Waals surface area contributed by atoms with Gasteiger partial charge in [-0.3, -0.25) is 0 Å². The normalized spacial score (nSPS) is 12.8. The van der Waals surface area contributed by atoms with E-state index in [0.717, 1.165) is 12.0 Å². The lowest BCUT2D eigenvalue weighted by Crippen LogP contribution is -2.28. The van der Waals surface area contributed by atoms with Gasteiger partial charge in [-0.25, -0.2) is 4.98 Å². The third kappa shape index (κ3) is 2.16. The van der Waals surface area contributed by atoms with Gasteiger partial charge in [0.15, 0.2) is 0 Å². The van der Waals surface area contributed by atoms with E-state index in [0.29, 0.717) is 6.42 Å². The Morgan fingerprint density at radius 1 is 1.91 bits per heavy atom. The smallest absolute Gasteiger partial charge is 0.137 e. The van der Waals surface area contributed by atoms with E-state index in [2.05, 4.69) is 15.3 Å². The van der Waals surface area contributed by atoms with Crippen LogP contribution < -0.4 is 5.32 Å². The highest BCUT2D eigenvalue weighted by Crippen LogP contribution is 1.94. The highest BCUT2D eigenvalue weighted by Gasteiger charge is 2.04. The Bertz CT molecular complexity index is 207. The number of H-pyrrole nitrogens is 1. The molecule has 0 saturated heterocycles. The molecule has 1 heterocycles. The van der Waals surface area contributed by atoms with Crippen molar-refractivity contribution in [3.8, 4) is 0 Å². The molecule has 0 spiro atoms. The van der Waals surface area contributed by atoms with Crippen molar-refractivity contribution in [3.05, 3.63) is 18.2 Å². The number of imidazole rings is 1. The summed E-state index contributed by atoms with van der Waals surface area (Å²) >= 11 is 0. The molecule has 1 rings (SSSR count). The number of likely N-dealkylation sites (N-methyl/N-ethyl adjacent to an activating group) is 1. The predicted molar refractivity (Wildman–Crippen MR) is 41.2 cm³/mol. The molecule has 4 heteroatoms. The zero-order valence-electron chi connectivity index (χ0n) is 6.37. The molecule has 0 amide bonds. The van der Waals surface area contributed by atoms with Crippen LogP contribution in [0.25, 0.3) is 0 Å². The van der Waals surface area contributed by atoms with E-state index in [-0.39, 0.29) is 6.04 Å². The van der Waals surface area contributed by atoms with Crippen molar-refractivity contribution in [2.24, 2.45) is 0 Å². The molecule has 0 aliphatic heterocycles. The minimum Gasteiger partial charge on any atom is -0.348 e. The van der Waals surface area contributed by atoms with Crippen molar-refractivity contribution in [2.75, 3.05) is 7.05 Å². The number of rotatable bonds is 4. The van der Waals surface area contributed by atoms with E-state index >= 15 is 0 Å². The summed E-state index contributed by atoms with van der Waals surface area (Å²) < 4.78 is 0. The fourth-order valence-corrected chi connectivity index (χ4v) is 0.851. The van der Waals surface area contributed by atoms with E-state index in [1.54, 1.807) is 19.6 Å². The Morgan fingerprint density at radius 2 is 2.73 bits per heavy atom. The van der Waals surface area contributed by atoms with Gasteiger partial charge in [-0.2, -0.15) is 0 Å². The first-order valence-electron chi connectivity index (χ1n) is 3.46. The number of nitrogens with zero attached hydrogens (tertiary/aromatic N) is 1. The van der Waals surface area contributed by atoms with E-state index in [4.69, 9.17) is 0 Å². The Labute approximate surface area is 65.0 Å². The average molecular weight is 153 g/mol. The van der Waals surface area contributed by atoms with Crippen LogP contribution in [0.2, 0.25) is 0 Å². The van der Waals surface area contributed by atoms with Crippen molar-refractivity contribution in [3.63, 3.8) is 0 Å². The van der Waals surface area contributed by atoms with Gasteiger partial charge in [-0.05, 0) is 7.05 Å². The van der Waals surface area contributed by atoms with E-state index < -0.39 is 0 Å². The lowest BCUT2D eigenvalue weighted by atomic mass is 10.2. The molecule has 1 aromatic rings. The molecule has 0 saturated carbocycles. The lowest BCUT2D eigenvalue weighted by molar-refractivity contribution is -0.109. The number of carbonyl (C=O) groups is 1. The van der Waals surface area contributed by atoms with Gasteiger partial charge in [0.25, 0.3) is 0 Å². The summed E-state index contributed by atoms with van der Waals surface area (Å²) in [7, 11) is 1.76. The molecule has 0 aromatic carbocycles. The Kier molecular flexibility index (Phi) is 2.80. The summed E-state index contributed by atoms with van der Waals surface area (Å²) in [6.07, 6.45) is 4.88. The SMILES string of the molecule is CN[C@@H](C=O)Cc1cnc[nH]1. The zero-order chi connectivity index (χ0) is 8.10. The van der Waals surface area contributed by atoms with Gasteiger partial charge < -0.3 is 15.1 Å². The standard InChI is InChI=1S/C7H11N3O/c1-8-7(4-11)2-6-3-9-5-10-6/h3-5,7-8H,2H2,1H3,(H,9,10)/t7-/m1/s1. The quantitative estimate of drug-likeness (QED) is 0.586. The second kappa shape index (κ2) is 3.88. The molecule has 2 N–H and O–H groups in total. The van der Waals surface area contributed by atoms with Gasteiger partial charge in [0, 0.05) is 18.3 Å². The number of hydrogen-bond acceptors (Lipinski definition) is 3. The van der Waals surface area contributed by atoms with Crippen molar-refractivity contribution in [1.29, 1.82) is 0 Å².